The lowest BCUT2D eigenvalue weighted by atomic mass is 9.95. The fourth-order valence-corrected chi connectivity index (χ4v) is 4.53. The van der Waals surface area contributed by atoms with Crippen LogP contribution in [0.1, 0.15) is 30.7 Å². The highest BCUT2D eigenvalue weighted by Gasteiger charge is 2.64. The number of carbonyl (C=O) groups excluding carboxylic acids is 1. The topological polar surface area (TPSA) is 51.2 Å². The molecule has 31 heavy (non-hydrogen) atoms. The highest BCUT2D eigenvalue weighted by Crippen LogP contribution is 2.52. The number of rotatable bonds is 8. The summed E-state index contributed by atoms with van der Waals surface area (Å²) >= 11 is 0. The molecule has 2 aromatic rings. The van der Waals surface area contributed by atoms with Crippen molar-refractivity contribution < 1.29 is 19.0 Å². The summed E-state index contributed by atoms with van der Waals surface area (Å²) in [6.45, 7) is 6.90. The Hall–Kier alpha value is -2.41. The third-order valence-corrected chi connectivity index (χ3v) is 6.64. The minimum atomic E-state index is -0.765. The maximum atomic E-state index is 13.6. The van der Waals surface area contributed by atoms with Crippen LogP contribution in [-0.4, -0.2) is 68.8 Å². The molecule has 4 rings (SSSR count). The smallest absolute Gasteiger partial charge is 0.321 e. The monoisotopic (exact) mass is 424 g/mol. The number of benzene rings is 2. The molecule has 1 saturated heterocycles. The van der Waals surface area contributed by atoms with E-state index in [-0.39, 0.29) is 12.1 Å². The van der Waals surface area contributed by atoms with E-state index in [4.69, 9.17) is 14.2 Å². The van der Waals surface area contributed by atoms with Crippen LogP contribution in [0.3, 0.4) is 0 Å². The van der Waals surface area contributed by atoms with E-state index in [9.17, 15) is 4.79 Å². The summed E-state index contributed by atoms with van der Waals surface area (Å²) in [5, 5.41) is 0. The molecule has 166 valence electrons. The molecule has 6 nitrogen and oxygen atoms in total. The number of hydrogen-bond donors (Lipinski definition) is 0. The lowest BCUT2D eigenvalue weighted by Gasteiger charge is -2.39. The van der Waals surface area contributed by atoms with Gasteiger partial charge in [-0.2, -0.15) is 0 Å². The molecule has 0 spiro atoms. The van der Waals surface area contributed by atoms with Crippen molar-refractivity contribution in [3.05, 3.63) is 65.7 Å². The van der Waals surface area contributed by atoms with Gasteiger partial charge in [-0.05, 0) is 30.7 Å². The molecular weight excluding hydrogens is 392 g/mol. The van der Waals surface area contributed by atoms with Crippen LogP contribution in [0.2, 0.25) is 0 Å². The summed E-state index contributed by atoms with van der Waals surface area (Å²) < 4.78 is 17.2. The highest BCUT2D eigenvalue weighted by molar-refractivity contribution is 5.88. The van der Waals surface area contributed by atoms with Crippen LogP contribution in [0.25, 0.3) is 0 Å². The van der Waals surface area contributed by atoms with Gasteiger partial charge in [0.25, 0.3) is 0 Å². The number of hydrogen-bond acceptors (Lipinski definition) is 6. The average molecular weight is 425 g/mol. The predicted octanol–water partition coefficient (Wildman–Crippen LogP) is 3.23. The number of ether oxygens (including phenoxy) is 3. The minimum Gasteiger partial charge on any atom is -0.497 e. The zero-order valence-corrected chi connectivity index (χ0v) is 18.6. The summed E-state index contributed by atoms with van der Waals surface area (Å²) in [7, 11) is 3.29. The predicted molar refractivity (Wildman–Crippen MR) is 119 cm³/mol. The van der Waals surface area contributed by atoms with Gasteiger partial charge < -0.3 is 19.1 Å². The van der Waals surface area contributed by atoms with Gasteiger partial charge in [-0.3, -0.25) is 9.69 Å². The SMILES string of the molecule is CCN1CCN(C(OC(=O)[C@@]2(c3ccc(OC)cc3)C[C@H]2OC)c2ccccc2)CC1. The number of carbonyl (C=O) groups is 1. The molecule has 1 heterocycles. The molecule has 1 saturated carbocycles. The van der Waals surface area contributed by atoms with Crippen LogP contribution in [-0.2, 0) is 19.7 Å². The zero-order valence-electron chi connectivity index (χ0n) is 18.6. The van der Waals surface area contributed by atoms with E-state index in [2.05, 4.69) is 16.7 Å². The molecule has 3 atom stereocenters. The van der Waals surface area contributed by atoms with Crippen LogP contribution >= 0.6 is 0 Å². The summed E-state index contributed by atoms with van der Waals surface area (Å²) in [6.07, 6.45) is 0.0439. The van der Waals surface area contributed by atoms with Gasteiger partial charge in [-0.1, -0.05) is 49.4 Å². The van der Waals surface area contributed by atoms with Crippen molar-refractivity contribution in [1.82, 2.24) is 9.80 Å². The van der Waals surface area contributed by atoms with E-state index in [1.54, 1.807) is 14.2 Å². The van der Waals surface area contributed by atoms with Gasteiger partial charge in [0.2, 0.25) is 0 Å². The molecule has 2 aromatic carbocycles. The molecule has 1 aliphatic carbocycles. The van der Waals surface area contributed by atoms with Crippen molar-refractivity contribution >= 4 is 5.97 Å². The van der Waals surface area contributed by atoms with Crippen LogP contribution in [0.5, 0.6) is 5.75 Å². The van der Waals surface area contributed by atoms with Gasteiger partial charge in [-0.15, -0.1) is 0 Å². The van der Waals surface area contributed by atoms with Gasteiger partial charge in [-0.25, -0.2) is 0 Å². The van der Waals surface area contributed by atoms with Crippen LogP contribution in [0.15, 0.2) is 54.6 Å². The molecular formula is C25H32N2O4. The molecule has 0 N–H and O–H groups in total. The van der Waals surface area contributed by atoms with Crippen molar-refractivity contribution in [2.75, 3.05) is 46.9 Å². The Morgan fingerprint density at radius 1 is 1.03 bits per heavy atom. The second-order valence-corrected chi connectivity index (χ2v) is 8.27. The van der Waals surface area contributed by atoms with E-state index >= 15 is 0 Å². The Balaban J connectivity index is 1.58. The van der Waals surface area contributed by atoms with Crippen LogP contribution in [0, 0.1) is 0 Å². The molecule has 6 heteroatoms. The first-order chi connectivity index (χ1) is 15.1. The maximum Gasteiger partial charge on any atom is 0.321 e. The number of nitrogens with zero attached hydrogens (tertiary/aromatic N) is 2. The summed E-state index contributed by atoms with van der Waals surface area (Å²) in [5.74, 6) is 0.536. The highest BCUT2D eigenvalue weighted by atomic mass is 16.6. The summed E-state index contributed by atoms with van der Waals surface area (Å²) in [6, 6.07) is 17.7. The van der Waals surface area contributed by atoms with Crippen molar-refractivity contribution in [2.45, 2.75) is 31.1 Å². The lowest BCUT2D eigenvalue weighted by Crippen LogP contribution is -2.48. The first-order valence-electron chi connectivity index (χ1n) is 11.0. The number of likely N-dealkylation sites (N-methyl/N-ethyl adjacent to an activating group) is 1. The Bertz CT molecular complexity index is 865. The normalized spacial score (nSPS) is 25.1. The third-order valence-electron chi connectivity index (χ3n) is 6.64. The Morgan fingerprint density at radius 3 is 2.26 bits per heavy atom. The quantitative estimate of drug-likeness (QED) is 0.607. The largest absolute Gasteiger partial charge is 0.497 e. The van der Waals surface area contributed by atoms with Gasteiger partial charge in [0, 0.05) is 38.9 Å². The Kier molecular flexibility index (Phi) is 6.60. The Labute approximate surface area is 184 Å². The van der Waals surface area contributed by atoms with E-state index < -0.39 is 11.6 Å². The van der Waals surface area contributed by atoms with E-state index in [1.807, 2.05) is 54.6 Å². The second kappa shape index (κ2) is 9.39. The maximum absolute atomic E-state index is 13.6. The van der Waals surface area contributed by atoms with Crippen molar-refractivity contribution in [3.8, 4) is 5.75 Å². The first-order valence-corrected chi connectivity index (χ1v) is 11.0. The molecule has 0 amide bonds. The molecule has 2 fully saturated rings. The van der Waals surface area contributed by atoms with Crippen molar-refractivity contribution in [1.29, 1.82) is 0 Å². The third kappa shape index (κ3) is 4.33. The number of piperazine rings is 1. The summed E-state index contributed by atoms with van der Waals surface area (Å²) in [4.78, 5) is 18.3. The average Bonchev–Trinajstić information content (AvgIpc) is 3.59. The molecule has 2 aliphatic rings. The minimum absolute atomic E-state index is 0.179. The van der Waals surface area contributed by atoms with E-state index in [0.29, 0.717) is 6.42 Å². The Morgan fingerprint density at radius 2 is 1.71 bits per heavy atom. The van der Waals surface area contributed by atoms with Crippen LogP contribution < -0.4 is 4.74 Å². The fourth-order valence-electron chi connectivity index (χ4n) is 4.53. The standard InChI is InChI=1S/C25H32N2O4/c1-4-26-14-16-27(17-15-26)23(19-8-6-5-7-9-19)31-24(28)25(18-22(25)30-3)20-10-12-21(29-2)13-11-20/h5-13,22-23H,4,14-18H2,1-3H3/t22-,23?,25-/m1/s1. The van der Waals surface area contributed by atoms with Crippen LogP contribution in [0.4, 0.5) is 0 Å². The molecule has 1 aliphatic heterocycles. The molecule has 0 radical (unpaired) electrons. The van der Waals surface area contributed by atoms with Gasteiger partial charge in [0.05, 0.1) is 13.2 Å². The first kappa shape index (κ1) is 21.8. The fraction of sp³-hybridized carbons (Fsp3) is 0.480. The summed E-state index contributed by atoms with van der Waals surface area (Å²) in [5.41, 5.74) is 1.15. The molecule has 0 bridgehead atoms. The molecule has 1 unspecified atom stereocenters. The number of methoxy groups -OCH3 is 2. The van der Waals surface area contributed by atoms with E-state index in [1.165, 1.54) is 0 Å². The lowest BCUT2D eigenvalue weighted by molar-refractivity contribution is -0.166. The number of esters is 1. The van der Waals surface area contributed by atoms with E-state index in [0.717, 1.165) is 49.6 Å². The van der Waals surface area contributed by atoms with Crippen molar-refractivity contribution in [3.63, 3.8) is 0 Å². The van der Waals surface area contributed by atoms with Gasteiger partial charge in [0.1, 0.15) is 11.2 Å². The zero-order chi connectivity index (χ0) is 21.8. The second-order valence-electron chi connectivity index (χ2n) is 8.27. The molecule has 0 aromatic heterocycles. The van der Waals surface area contributed by atoms with Gasteiger partial charge in [0.15, 0.2) is 6.23 Å². The van der Waals surface area contributed by atoms with Crippen molar-refractivity contribution in [2.24, 2.45) is 0 Å². The van der Waals surface area contributed by atoms with Gasteiger partial charge >= 0.3 is 5.97 Å².